The average Bonchev–Trinajstić information content (AvgIpc) is 2.01. The van der Waals surface area contributed by atoms with E-state index in [0.717, 1.165) is 12.8 Å². The molecule has 0 heterocycles. The van der Waals surface area contributed by atoms with Crippen molar-refractivity contribution in [3.05, 3.63) is 0 Å². The Balaban J connectivity index is 4.09. The van der Waals surface area contributed by atoms with E-state index in [-0.39, 0.29) is 17.4 Å². The van der Waals surface area contributed by atoms with E-state index in [1.807, 2.05) is 27.7 Å². The van der Waals surface area contributed by atoms with Gasteiger partial charge in [-0.2, -0.15) is 0 Å². The summed E-state index contributed by atoms with van der Waals surface area (Å²) in [5, 5.41) is 9.07. The predicted octanol–water partition coefficient (Wildman–Crippen LogP) is 2.10. The lowest BCUT2D eigenvalue weighted by molar-refractivity contribution is 0.139. The summed E-state index contributed by atoms with van der Waals surface area (Å²) in [6.45, 7) is 8.39. The smallest absolute Gasteiger partial charge is 0.0784 e. The van der Waals surface area contributed by atoms with Crippen molar-refractivity contribution in [1.82, 2.24) is 0 Å². The lowest BCUT2D eigenvalue weighted by Gasteiger charge is -2.29. The molecule has 13 heavy (non-hydrogen) atoms. The molecule has 0 fully saturated rings. The molecule has 3 N–H and O–H groups in total. The van der Waals surface area contributed by atoms with Crippen LogP contribution in [0.3, 0.4) is 0 Å². The molecule has 0 bridgehead atoms. The zero-order chi connectivity index (χ0) is 10.7. The molecule has 0 aromatic carbocycles. The van der Waals surface area contributed by atoms with Crippen molar-refractivity contribution in [3.63, 3.8) is 0 Å². The van der Waals surface area contributed by atoms with E-state index in [4.69, 9.17) is 23.1 Å². The normalized spacial score (nSPS) is 13.0. The summed E-state index contributed by atoms with van der Waals surface area (Å²) in [6.07, 6.45) is 1.86. The first-order valence-corrected chi connectivity index (χ1v) is 5.03. The van der Waals surface area contributed by atoms with Crippen LogP contribution in [-0.4, -0.2) is 16.7 Å². The fraction of sp³-hybridized carbons (Fsp3) is 0.900. The third-order valence-corrected chi connectivity index (χ3v) is 3.07. The first-order valence-electron chi connectivity index (χ1n) is 4.62. The van der Waals surface area contributed by atoms with Crippen molar-refractivity contribution in [2.24, 2.45) is 16.6 Å². The van der Waals surface area contributed by atoms with Crippen molar-refractivity contribution in [1.29, 1.82) is 0 Å². The highest BCUT2D eigenvalue weighted by Gasteiger charge is 2.25. The molecule has 0 radical (unpaired) electrons. The average molecular weight is 203 g/mol. The number of nitrogens with two attached hydrogens (primary N) is 1. The Morgan fingerprint density at radius 2 is 1.69 bits per heavy atom. The molecule has 0 saturated heterocycles. The Hall–Kier alpha value is -0.150. The molecule has 0 amide bonds. The van der Waals surface area contributed by atoms with E-state index in [1.54, 1.807) is 0 Å². The van der Waals surface area contributed by atoms with Gasteiger partial charge >= 0.3 is 0 Å². The summed E-state index contributed by atoms with van der Waals surface area (Å²) in [4.78, 5) is 0.557. The number of rotatable bonds is 5. The molecule has 0 aliphatic carbocycles. The molecule has 2 nitrogen and oxygen atoms in total. The molecule has 3 heteroatoms. The second-order valence-electron chi connectivity index (χ2n) is 5.07. The van der Waals surface area contributed by atoms with Gasteiger partial charge in [0.1, 0.15) is 0 Å². The van der Waals surface area contributed by atoms with Gasteiger partial charge in [0, 0.05) is 12.0 Å². The Morgan fingerprint density at radius 3 is 2.00 bits per heavy atom. The Morgan fingerprint density at radius 1 is 1.23 bits per heavy atom. The molecule has 0 atom stereocenters. The van der Waals surface area contributed by atoms with Crippen LogP contribution in [0.5, 0.6) is 0 Å². The molecule has 0 aromatic rings. The van der Waals surface area contributed by atoms with Crippen LogP contribution in [0.1, 0.15) is 40.5 Å². The maximum atomic E-state index is 9.07. The minimum atomic E-state index is -0.0955. The Labute approximate surface area is 86.5 Å². The molecular weight excluding hydrogens is 182 g/mol. The van der Waals surface area contributed by atoms with Crippen LogP contribution in [0.25, 0.3) is 0 Å². The summed E-state index contributed by atoms with van der Waals surface area (Å²) in [6, 6.07) is 0. The van der Waals surface area contributed by atoms with Crippen LogP contribution in [-0.2, 0) is 0 Å². The highest BCUT2D eigenvalue weighted by atomic mass is 32.1. The standard InChI is InChI=1S/C10H21NOS/c1-9(2,7-12)5-6-10(3,4)8(11)13/h12H,5-7H2,1-4H3,(H2,11,13). The summed E-state index contributed by atoms with van der Waals surface area (Å²) in [7, 11) is 0. The predicted molar refractivity (Wildman–Crippen MR) is 60.7 cm³/mol. The van der Waals surface area contributed by atoms with Crippen LogP contribution in [0, 0.1) is 10.8 Å². The SMILES string of the molecule is CC(C)(CO)CCC(C)(C)C(N)=S. The number of hydrogen-bond donors (Lipinski definition) is 2. The van der Waals surface area contributed by atoms with Gasteiger partial charge in [-0.15, -0.1) is 0 Å². The fourth-order valence-electron chi connectivity index (χ4n) is 0.853. The minimum Gasteiger partial charge on any atom is -0.396 e. The van der Waals surface area contributed by atoms with E-state index in [0.29, 0.717) is 4.99 Å². The van der Waals surface area contributed by atoms with Gasteiger partial charge in [-0.1, -0.05) is 39.9 Å². The molecule has 0 aromatic heterocycles. The molecule has 0 unspecified atom stereocenters. The molecular formula is C10H21NOS. The maximum absolute atomic E-state index is 9.07. The third-order valence-electron chi connectivity index (χ3n) is 2.52. The lowest BCUT2D eigenvalue weighted by atomic mass is 9.79. The van der Waals surface area contributed by atoms with Gasteiger partial charge in [0.15, 0.2) is 0 Å². The molecule has 0 saturated carbocycles. The number of thiocarbonyl (C=S) groups is 1. The van der Waals surface area contributed by atoms with Crippen LogP contribution in [0.4, 0.5) is 0 Å². The monoisotopic (exact) mass is 203 g/mol. The van der Waals surface area contributed by atoms with E-state index < -0.39 is 0 Å². The summed E-state index contributed by atoms with van der Waals surface area (Å²) >= 11 is 4.97. The van der Waals surface area contributed by atoms with Crippen LogP contribution in [0.15, 0.2) is 0 Å². The zero-order valence-corrected chi connectivity index (χ0v) is 9.87. The molecule has 0 aliphatic heterocycles. The number of hydrogen-bond acceptors (Lipinski definition) is 2. The van der Waals surface area contributed by atoms with Crippen LogP contribution >= 0.6 is 12.2 Å². The lowest BCUT2D eigenvalue weighted by Crippen LogP contribution is -2.31. The van der Waals surface area contributed by atoms with E-state index in [1.165, 1.54) is 0 Å². The van der Waals surface area contributed by atoms with Crippen molar-refractivity contribution >= 4 is 17.2 Å². The van der Waals surface area contributed by atoms with Gasteiger partial charge in [-0.05, 0) is 18.3 Å². The topological polar surface area (TPSA) is 46.2 Å². The first-order chi connectivity index (χ1) is 5.71. The second kappa shape index (κ2) is 4.38. The number of aliphatic hydroxyl groups is 1. The van der Waals surface area contributed by atoms with Gasteiger partial charge < -0.3 is 10.8 Å². The van der Waals surface area contributed by atoms with Crippen LogP contribution in [0.2, 0.25) is 0 Å². The van der Waals surface area contributed by atoms with Crippen molar-refractivity contribution in [3.8, 4) is 0 Å². The minimum absolute atomic E-state index is 0.0257. The van der Waals surface area contributed by atoms with Crippen LogP contribution < -0.4 is 5.73 Å². The second-order valence-corrected chi connectivity index (χ2v) is 5.51. The van der Waals surface area contributed by atoms with Gasteiger partial charge in [0.05, 0.1) is 4.99 Å². The van der Waals surface area contributed by atoms with Gasteiger partial charge in [-0.3, -0.25) is 0 Å². The highest BCUT2D eigenvalue weighted by molar-refractivity contribution is 7.80. The van der Waals surface area contributed by atoms with Crippen molar-refractivity contribution in [2.45, 2.75) is 40.5 Å². The van der Waals surface area contributed by atoms with E-state index >= 15 is 0 Å². The summed E-state index contributed by atoms with van der Waals surface area (Å²) < 4.78 is 0. The summed E-state index contributed by atoms with van der Waals surface area (Å²) in [5.41, 5.74) is 5.49. The van der Waals surface area contributed by atoms with Gasteiger partial charge in [0.25, 0.3) is 0 Å². The quantitative estimate of drug-likeness (QED) is 0.673. The zero-order valence-electron chi connectivity index (χ0n) is 9.05. The van der Waals surface area contributed by atoms with E-state index in [2.05, 4.69) is 0 Å². The van der Waals surface area contributed by atoms with E-state index in [9.17, 15) is 0 Å². The van der Waals surface area contributed by atoms with Crippen molar-refractivity contribution in [2.75, 3.05) is 6.61 Å². The highest BCUT2D eigenvalue weighted by Crippen LogP contribution is 2.30. The fourth-order valence-corrected chi connectivity index (χ4v) is 0.955. The molecule has 78 valence electrons. The first kappa shape index (κ1) is 12.8. The largest absolute Gasteiger partial charge is 0.396 e. The third kappa shape index (κ3) is 4.58. The van der Waals surface area contributed by atoms with Crippen molar-refractivity contribution < 1.29 is 5.11 Å². The molecule has 0 spiro atoms. The van der Waals surface area contributed by atoms with Gasteiger partial charge in [-0.25, -0.2) is 0 Å². The molecule has 0 aliphatic rings. The molecule has 0 rings (SSSR count). The number of aliphatic hydroxyl groups excluding tert-OH is 1. The van der Waals surface area contributed by atoms with Gasteiger partial charge in [0.2, 0.25) is 0 Å². The summed E-state index contributed by atoms with van der Waals surface area (Å²) in [5.74, 6) is 0. The Kier molecular flexibility index (Phi) is 4.33. The maximum Gasteiger partial charge on any atom is 0.0784 e. The Bertz CT molecular complexity index is 187.